The van der Waals surface area contributed by atoms with Crippen LogP contribution in [-0.2, 0) is 10.0 Å². The number of aromatic nitrogens is 1. The van der Waals surface area contributed by atoms with Gasteiger partial charge in [-0.05, 0) is 20.2 Å². The number of nitrogens with one attached hydrogen (secondary N) is 1. The summed E-state index contributed by atoms with van der Waals surface area (Å²) in [5, 5.41) is 0. The van der Waals surface area contributed by atoms with Crippen LogP contribution in [0.15, 0.2) is 23.4 Å². The Bertz CT molecular complexity index is 445. The molecule has 0 aromatic carbocycles. The summed E-state index contributed by atoms with van der Waals surface area (Å²) in [6.45, 7) is 0.961. The second kappa shape index (κ2) is 5.24. The van der Waals surface area contributed by atoms with Crippen molar-refractivity contribution in [3.05, 3.63) is 18.5 Å². The maximum Gasteiger partial charge on any atom is 0.244 e. The monoisotopic (exact) mass is 244 g/mol. The van der Waals surface area contributed by atoms with Gasteiger partial charge in [0.15, 0.2) is 0 Å². The summed E-state index contributed by atoms with van der Waals surface area (Å²) in [4.78, 5) is 5.65. The maximum absolute atomic E-state index is 11.8. The van der Waals surface area contributed by atoms with Gasteiger partial charge in [-0.25, -0.2) is 13.1 Å². The van der Waals surface area contributed by atoms with Crippen molar-refractivity contribution in [2.45, 2.75) is 4.90 Å². The van der Waals surface area contributed by atoms with Crippen LogP contribution in [0.3, 0.4) is 0 Å². The molecule has 6 nitrogen and oxygen atoms in total. The Kier molecular flexibility index (Phi) is 4.22. The van der Waals surface area contributed by atoms with Gasteiger partial charge >= 0.3 is 0 Å². The van der Waals surface area contributed by atoms with Crippen molar-refractivity contribution < 1.29 is 8.42 Å². The van der Waals surface area contributed by atoms with Crippen molar-refractivity contribution in [3.8, 4) is 0 Å². The number of hydrogen-bond acceptors (Lipinski definition) is 5. The molecule has 3 N–H and O–H groups in total. The molecule has 1 rings (SSSR count). The van der Waals surface area contributed by atoms with E-state index in [0.717, 1.165) is 0 Å². The summed E-state index contributed by atoms with van der Waals surface area (Å²) in [6, 6.07) is 1.46. The van der Waals surface area contributed by atoms with Gasteiger partial charge in [0.2, 0.25) is 10.0 Å². The zero-order valence-corrected chi connectivity index (χ0v) is 10.2. The van der Waals surface area contributed by atoms with Gasteiger partial charge in [-0.3, -0.25) is 4.98 Å². The van der Waals surface area contributed by atoms with E-state index in [9.17, 15) is 8.42 Å². The molecule has 0 unspecified atom stereocenters. The molecule has 0 aliphatic heterocycles. The molecule has 0 bridgehead atoms. The lowest BCUT2D eigenvalue weighted by molar-refractivity contribution is 0.412. The molecule has 0 aliphatic rings. The van der Waals surface area contributed by atoms with Crippen molar-refractivity contribution in [1.82, 2.24) is 14.6 Å². The third-order valence-electron chi connectivity index (χ3n) is 1.96. The van der Waals surface area contributed by atoms with Gasteiger partial charge in [-0.2, -0.15) is 0 Å². The number of nitrogens with two attached hydrogens (primary N) is 1. The molecule has 1 heterocycles. The molecule has 0 aliphatic carbocycles. The molecule has 0 fully saturated rings. The highest BCUT2D eigenvalue weighted by molar-refractivity contribution is 7.89. The molecular formula is C9H16N4O2S. The van der Waals surface area contributed by atoms with Crippen LogP contribution in [0.4, 0.5) is 5.69 Å². The Morgan fingerprint density at radius 3 is 2.75 bits per heavy atom. The molecule has 7 heteroatoms. The predicted octanol–water partition coefficient (Wildman–Crippen LogP) is -0.496. The van der Waals surface area contributed by atoms with E-state index in [2.05, 4.69) is 9.71 Å². The van der Waals surface area contributed by atoms with E-state index in [1.165, 1.54) is 18.5 Å². The van der Waals surface area contributed by atoms with Crippen LogP contribution in [0.1, 0.15) is 0 Å². The molecule has 16 heavy (non-hydrogen) atoms. The normalized spacial score (nSPS) is 11.9. The van der Waals surface area contributed by atoms with Crippen LogP contribution in [-0.4, -0.2) is 45.5 Å². The minimum atomic E-state index is -3.55. The van der Waals surface area contributed by atoms with Crippen LogP contribution in [0.25, 0.3) is 0 Å². The Hall–Kier alpha value is -1.18. The molecule has 1 aromatic rings. The summed E-state index contributed by atoms with van der Waals surface area (Å²) < 4.78 is 26.0. The lowest BCUT2D eigenvalue weighted by Gasteiger charge is -2.11. The van der Waals surface area contributed by atoms with E-state index in [4.69, 9.17) is 5.73 Å². The third-order valence-corrected chi connectivity index (χ3v) is 3.46. The van der Waals surface area contributed by atoms with E-state index >= 15 is 0 Å². The Morgan fingerprint density at radius 2 is 2.19 bits per heavy atom. The fraction of sp³-hybridized carbons (Fsp3) is 0.444. The van der Waals surface area contributed by atoms with E-state index in [-0.39, 0.29) is 10.6 Å². The SMILES string of the molecule is CN(C)CCNS(=O)(=O)c1cnccc1N. The minimum absolute atomic E-state index is 0.0220. The molecule has 90 valence electrons. The average Bonchev–Trinajstić information content (AvgIpc) is 2.17. The van der Waals surface area contributed by atoms with Crippen molar-refractivity contribution in [2.24, 2.45) is 0 Å². The van der Waals surface area contributed by atoms with Gasteiger partial charge in [0.25, 0.3) is 0 Å². The van der Waals surface area contributed by atoms with Crippen LogP contribution in [0, 0.1) is 0 Å². The fourth-order valence-electron chi connectivity index (χ4n) is 1.10. The first-order chi connectivity index (χ1) is 7.43. The van der Waals surface area contributed by atoms with E-state index in [1.807, 2.05) is 19.0 Å². The number of rotatable bonds is 5. The lowest BCUT2D eigenvalue weighted by Crippen LogP contribution is -2.31. The predicted molar refractivity (Wildman–Crippen MR) is 62.4 cm³/mol. The smallest absolute Gasteiger partial charge is 0.244 e. The number of nitrogen functional groups attached to an aromatic ring is 1. The summed E-state index contributed by atoms with van der Waals surface area (Å²) >= 11 is 0. The van der Waals surface area contributed by atoms with Crippen LogP contribution in [0.2, 0.25) is 0 Å². The first kappa shape index (κ1) is 12.9. The highest BCUT2D eigenvalue weighted by Gasteiger charge is 2.16. The number of nitrogens with zero attached hydrogens (tertiary/aromatic N) is 2. The summed E-state index contributed by atoms with van der Waals surface area (Å²) in [7, 11) is 0.185. The summed E-state index contributed by atoms with van der Waals surface area (Å²) in [5.74, 6) is 0. The second-order valence-corrected chi connectivity index (χ2v) is 5.35. The topological polar surface area (TPSA) is 88.3 Å². The second-order valence-electron chi connectivity index (χ2n) is 3.61. The van der Waals surface area contributed by atoms with E-state index in [0.29, 0.717) is 13.1 Å². The first-order valence-corrected chi connectivity index (χ1v) is 6.25. The Labute approximate surface area is 95.5 Å². The molecular weight excluding hydrogens is 228 g/mol. The minimum Gasteiger partial charge on any atom is -0.398 e. The molecule has 0 atom stereocenters. The van der Waals surface area contributed by atoms with Gasteiger partial charge in [-0.1, -0.05) is 0 Å². The largest absolute Gasteiger partial charge is 0.398 e. The summed E-state index contributed by atoms with van der Waals surface area (Å²) in [5.41, 5.74) is 5.77. The van der Waals surface area contributed by atoms with Crippen molar-refractivity contribution in [2.75, 3.05) is 32.9 Å². The maximum atomic E-state index is 11.8. The number of hydrogen-bond donors (Lipinski definition) is 2. The number of pyridine rings is 1. The molecule has 0 amide bonds. The molecule has 1 aromatic heterocycles. The zero-order valence-electron chi connectivity index (χ0n) is 9.34. The Morgan fingerprint density at radius 1 is 1.50 bits per heavy atom. The molecule has 0 saturated carbocycles. The van der Waals surface area contributed by atoms with Crippen LogP contribution < -0.4 is 10.5 Å². The van der Waals surface area contributed by atoms with Gasteiger partial charge in [0.05, 0.1) is 5.69 Å². The van der Waals surface area contributed by atoms with Crippen molar-refractivity contribution in [1.29, 1.82) is 0 Å². The van der Waals surface area contributed by atoms with E-state index in [1.54, 1.807) is 0 Å². The summed E-state index contributed by atoms with van der Waals surface area (Å²) in [6.07, 6.45) is 2.70. The highest BCUT2D eigenvalue weighted by atomic mass is 32.2. The van der Waals surface area contributed by atoms with Crippen molar-refractivity contribution in [3.63, 3.8) is 0 Å². The zero-order chi connectivity index (χ0) is 12.2. The average molecular weight is 244 g/mol. The standard InChI is InChI=1S/C9H16N4O2S/c1-13(2)6-5-12-16(14,15)9-7-11-4-3-8(9)10/h3-4,7,12H,5-6H2,1-2H3,(H2,10,11). The number of anilines is 1. The Balaban J connectivity index is 2.75. The number of likely N-dealkylation sites (N-methyl/N-ethyl adjacent to an activating group) is 1. The highest BCUT2D eigenvalue weighted by Crippen LogP contribution is 2.14. The van der Waals surface area contributed by atoms with Crippen LogP contribution in [0.5, 0.6) is 0 Å². The third kappa shape index (κ3) is 3.44. The first-order valence-electron chi connectivity index (χ1n) is 4.77. The van der Waals surface area contributed by atoms with Gasteiger partial charge in [0.1, 0.15) is 4.90 Å². The number of sulfonamides is 1. The quantitative estimate of drug-likeness (QED) is 0.729. The molecule has 0 saturated heterocycles. The van der Waals surface area contributed by atoms with E-state index < -0.39 is 10.0 Å². The van der Waals surface area contributed by atoms with Gasteiger partial charge in [0, 0.05) is 25.5 Å². The van der Waals surface area contributed by atoms with Crippen LogP contribution >= 0.6 is 0 Å². The van der Waals surface area contributed by atoms with Crippen molar-refractivity contribution >= 4 is 15.7 Å². The molecule has 0 radical (unpaired) electrons. The lowest BCUT2D eigenvalue weighted by atomic mass is 10.4. The van der Waals surface area contributed by atoms with Gasteiger partial charge in [-0.15, -0.1) is 0 Å². The molecule has 0 spiro atoms. The van der Waals surface area contributed by atoms with Gasteiger partial charge < -0.3 is 10.6 Å². The fourth-order valence-corrected chi connectivity index (χ4v) is 2.19.